The van der Waals surface area contributed by atoms with Crippen LogP contribution in [-0.4, -0.2) is 81.9 Å². The van der Waals surface area contributed by atoms with Gasteiger partial charge in [-0.15, -0.1) is 0 Å². The summed E-state index contributed by atoms with van der Waals surface area (Å²) < 4.78 is 49.1. The van der Waals surface area contributed by atoms with Crippen LogP contribution >= 0.6 is 0 Å². The third-order valence-corrected chi connectivity index (χ3v) is 7.67. The first kappa shape index (κ1) is 25.7. The molecule has 1 aromatic rings. The number of ether oxygens (including phenoxy) is 4. The van der Waals surface area contributed by atoms with Gasteiger partial charge in [-0.05, 0) is 43.5 Å². The topological polar surface area (TPSA) is 124 Å². The molecule has 1 amide bonds. The summed E-state index contributed by atoms with van der Waals surface area (Å²) in [5, 5.41) is 13.3. The maximum Gasteiger partial charge on any atom is 0.407 e. The Kier molecular flexibility index (Phi) is 8.57. The Morgan fingerprint density at radius 2 is 1.91 bits per heavy atom. The molecule has 2 aliphatic rings. The van der Waals surface area contributed by atoms with Crippen molar-refractivity contribution in [2.75, 3.05) is 33.4 Å². The highest BCUT2D eigenvalue weighted by Gasteiger charge is 2.44. The smallest absolute Gasteiger partial charge is 0.407 e. The first-order chi connectivity index (χ1) is 15.6. The molecule has 2 N–H and O–H groups in total. The van der Waals surface area contributed by atoms with Gasteiger partial charge in [-0.2, -0.15) is 4.31 Å². The molecule has 2 heterocycles. The average Bonchev–Trinajstić information content (AvgIpc) is 3.38. The minimum absolute atomic E-state index is 0.00662. The van der Waals surface area contributed by atoms with Crippen LogP contribution in [0.1, 0.15) is 27.2 Å². The zero-order valence-electron chi connectivity index (χ0n) is 19.5. The van der Waals surface area contributed by atoms with E-state index >= 15 is 0 Å². The molecule has 1 aromatic carbocycles. The number of nitrogens with one attached hydrogen (secondary N) is 1. The average molecular weight is 487 g/mol. The van der Waals surface area contributed by atoms with E-state index in [2.05, 4.69) is 5.32 Å². The van der Waals surface area contributed by atoms with E-state index < -0.39 is 34.4 Å². The van der Waals surface area contributed by atoms with Crippen LogP contribution in [0.3, 0.4) is 0 Å². The zero-order chi connectivity index (χ0) is 24.2. The SMILES string of the molecule is COc1ccc(S(=O)(=O)N(CC(C)C)C[C@@H](O)[C@H](C)NC(=O)O[C@H]2CO[C@H]3OCC[C@H]32)cc1. The number of carbonyl (C=O) groups is 1. The van der Waals surface area contributed by atoms with Crippen molar-refractivity contribution in [1.29, 1.82) is 0 Å². The van der Waals surface area contributed by atoms with Crippen molar-refractivity contribution in [3.63, 3.8) is 0 Å². The Balaban J connectivity index is 1.61. The lowest BCUT2D eigenvalue weighted by Crippen LogP contribution is -2.49. The van der Waals surface area contributed by atoms with Crippen LogP contribution in [0.5, 0.6) is 5.75 Å². The van der Waals surface area contributed by atoms with E-state index in [0.29, 0.717) is 12.4 Å². The number of hydrogen-bond acceptors (Lipinski definition) is 8. The van der Waals surface area contributed by atoms with Gasteiger partial charge in [0.25, 0.3) is 0 Å². The van der Waals surface area contributed by atoms with Gasteiger partial charge in [0.2, 0.25) is 10.0 Å². The number of carbonyl (C=O) groups excluding carboxylic acids is 1. The van der Waals surface area contributed by atoms with Gasteiger partial charge in [0.1, 0.15) is 11.9 Å². The summed E-state index contributed by atoms with van der Waals surface area (Å²) in [7, 11) is -2.36. The quantitative estimate of drug-likeness (QED) is 0.511. The number of aliphatic hydroxyl groups is 1. The number of hydrogen-bond donors (Lipinski definition) is 2. The number of rotatable bonds is 10. The number of nitrogens with zero attached hydrogens (tertiary/aromatic N) is 1. The lowest BCUT2D eigenvalue weighted by atomic mass is 10.0. The van der Waals surface area contributed by atoms with Gasteiger partial charge in [-0.1, -0.05) is 13.8 Å². The van der Waals surface area contributed by atoms with Crippen molar-refractivity contribution < 1.29 is 37.3 Å². The highest BCUT2D eigenvalue weighted by atomic mass is 32.2. The van der Waals surface area contributed by atoms with Crippen LogP contribution in [0, 0.1) is 11.8 Å². The molecule has 2 fully saturated rings. The van der Waals surface area contributed by atoms with E-state index in [-0.39, 0.29) is 42.7 Å². The predicted octanol–water partition coefficient (Wildman–Crippen LogP) is 1.58. The first-order valence-electron chi connectivity index (χ1n) is 11.1. The molecule has 186 valence electrons. The van der Waals surface area contributed by atoms with E-state index in [0.717, 1.165) is 6.42 Å². The lowest BCUT2D eigenvalue weighted by molar-refractivity contribution is -0.0907. The standard InChI is InChI=1S/C22H34N2O8S/c1-14(2)11-24(33(27,28)17-7-5-16(29-4)6-8-17)12-19(25)15(3)23-22(26)32-20-13-31-21-18(20)9-10-30-21/h5-8,14-15,18-21,25H,9-13H2,1-4H3,(H,23,26)/t15-,18-,19+,20-,21+/m0/s1. The van der Waals surface area contributed by atoms with Crippen LogP contribution in [-0.2, 0) is 24.2 Å². The lowest BCUT2D eigenvalue weighted by Gasteiger charge is -2.29. The molecule has 0 bridgehead atoms. The van der Waals surface area contributed by atoms with Crippen molar-refractivity contribution in [2.45, 2.75) is 56.6 Å². The molecule has 0 aliphatic carbocycles. The molecule has 33 heavy (non-hydrogen) atoms. The molecule has 2 saturated heterocycles. The molecule has 0 saturated carbocycles. The van der Waals surface area contributed by atoms with Crippen LogP contribution in [0.2, 0.25) is 0 Å². The molecule has 3 rings (SSSR count). The van der Waals surface area contributed by atoms with Crippen LogP contribution in [0.15, 0.2) is 29.2 Å². The second-order valence-corrected chi connectivity index (χ2v) is 10.8. The van der Waals surface area contributed by atoms with Crippen molar-refractivity contribution in [1.82, 2.24) is 9.62 Å². The number of methoxy groups -OCH3 is 1. The third kappa shape index (κ3) is 6.36. The fourth-order valence-electron chi connectivity index (χ4n) is 3.94. The summed E-state index contributed by atoms with van der Waals surface area (Å²) in [6.07, 6.45) is -1.81. The summed E-state index contributed by atoms with van der Waals surface area (Å²) in [5.74, 6) is 0.582. The highest BCUT2D eigenvalue weighted by Crippen LogP contribution is 2.33. The van der Waals surface area contributed by atoms with Gasteiger partial charge in [-0.25, -0.2) is 13.2 Å². The van der Waals surface area contributed by atoms with E-state index in [1.54, 1.807) is 19.1 Å². The molecule has 0 radical (unpaired) electrons. The monoisotopic (exact) mass is 486 g/mol. The predicted molar refractivity (Wildman–Crippen MR) is 119 cm³/mol. The Morgan fingerprint density at radius 1 is 1.21 bits per heavy atom. The number of benzene rings is 1. The normalized spacial score (nSPS) is 24.5. The van der Waals surface area contributed by atoms with Crippen molar-refractivity contribution in [3.8, 4) is 5.75 Å². The van der Waals surface area contributed by atoms with Gasteiger partial charge in [0, 0.05) is 13.1 Å². The van der Waals surface area contributed by atoms with Crippen molar-refractivity contribution in [3.05, 3.63) is 24.3 Å². The highest BCUT2D eigenvalue weighted by molar-refractivity contribution is 7.89. The molecular formula is C22H34N2O8S. The second kappa shape index (κ2) is 11.0. The first-order valence-corrected chi connectivity index (χ1v) is 12.6. The number of alkyl carbamates (subject to hydrolysis) is 1. The van der Waals surface area contributed by atoms with Gasteiger partial charge in [-0.3, -0.25) is 0 Å². The van der Waals surface area contributed by atoms with E-state index in [1.807, 2.05) is 13.8 Å². The van der Waals surface area contributed by atoms with Crippen LogP contribution in [0.4, 0.5) is 4.79 Å². The Labute approximate surface area is 195 Å². The van der Waals surface area contributed by atoms with Crippen LogP contribution in [0.25, 0.3) is 0 Å². The van der Waals surface area contributed by atoms with Gasteiger partial charge < -0.3 is 29.4 Å². The number of aliphatic hydroxyl groups excluding tert-OH is 1. The molecule has 0 unspecified atom stereocenters. The van der Waals surface area contributed by atoms with E-state index in [1.165, 1.54) is 23.5 Å². The summed E-state index contributed by atoms with van der Waals surface area (Å²) in [6, 6.07) is 5.34. The minimum atomic E-state index is -3.86. The fraction of sp³-hybridized carbons (Fsp3) is 0.682. The summed E-state index contributed by atoms with van der Waals surface area (Å²) in [6.45, 7) is 6.26. The Bertz CT molecular complexity index is 892. The van der Waals surface area contributed by atoms with E-state index in [4.69, 9.17) is 18.9 Å². The molecule has 10 nitrogen and oxygen atoms in total. The Morgan fingerprint density at radius 3 is 2.55 bits per heavy atom. The second-order valence-electron chi connectivity index (χ2n) is 8.86. The molecule has 5 atom stereocenters. The summed E-state index contributed by atoms with van der Waals surface area (Å²) in [5.41, 5.74) is 0. The summed E-state index contributed by atoms with van der Waals surface area (Å²) >= 11 is 0. The molecule has 0 spiro atoms. The number of sulfonamides is 1. The molecule has 2 aliphatic heterocycles. The summed E-state index contributed by atoms with van der Waals surface area (Å²) in [4.78, 5) is 12.5. The van der Waals surface area contributed by atoms with Gasteiger partial charge >= 0.3 is 6.09 Å². The fourth-order valence-corrected chi connectivity index (χ4v) is 5.56. The molecule has 0 aromatic heterocycles. The van der Waals surface area contributed by atoms with Gasteiger partial charge in [0.05, 0.1) is 43.3 Å². The van der Waals surface area contributed by atoms with Crippen molar-refractivity contribution >= 4 is 16.1 Å². The molecular weight excluding hydrogens is 452 g/mol. The largest absolute Gasteiger partial charge is 0.497 e. The minimum Gasteiger partial charge on any atom is -0.497 e. The number of fused-ring (bicyclic) bond motifs is 1. The maximum atomic E-state index is 13.2. The van der Waals surface area contributed by atoms with Gasteiger partial charge in [0.15, 0.2) is 6.29 Å². The van der Waals surface area contributed by atoms with Crippen molar-refractivity contribution in [2.24, 2.45) is 11.8 Å². The number of amides is 1. The maximum absolute atomic E-state index is 13.2. The zero-order valence-corrected chi connectivity index (χ0v) is 20.3. The van der Waals surface area contributed by atoms with E-state index in [9.17, 15) is 18.3 Å². The third-order valence-electron chi connectivity index (χ3n) is 5.82. The Hall–Kier alpha value is -1.92. The van der Waals surface area contributed by atoms with Crippen LogP contribution < -0.4 is 10.1 Å². The molecule has 11 heteroatoms.